The van der Waals surface area contributed by atoms with Crippen molar-refractivity contribution in [3.05, 3.63) is 70.8 Å². The molecule has 27 heavy (non-hydrogen) atoms. The second-order valence-electron chi connectivity index (χ2n) is 6.19. The molecule has 5 nitrogen and oxygen atoms in total. The van der Waals surface area contributed by atoms with Gasteiger partial charge in [0, 0.05) is 0 Å². The third kappa shape index (κ3) is 3.61. The lowest BCUT2D eigenvalue weighted by Crippen LogP contribution is -2.33. The summed E-state index contributed by atoms with van der Waals surface area (Å²) < 4.78 is 5.61. The Kier molecular flexibility index (Phi) is 5.22. The molecule has 2 aliphatic rings. The summed E-state index contributed by atoms with van der Waals surface area (Å²) in [6, 6.07) is 13.9. The Morgan fingerprint density at radius 1 is 0.963 bits per heavy atom. The van der Waals surface area contributed by atoms with Gasteiger partial charge in [-0.05, 0) is 47.8 Å². The Balaban J connectivity index is 1.38. The van der Waals surface area contributed by atoms with Crippen molar-refractivity contribution in [3.8, 4) is 0 Å². The Morgan fingerprint density at radius 3 is 2.15 bits per heavy atom. The van der Waals surface area contributed by atoms with Crippen molar-refractivity contribution in [1.29, 1.82) is 0 Å². The van der Waals surface area contributed by atoms with E-state index in [0.29, 0.717) is 21.3 Å². The van der Waals surface area contributed by atoms with Gasteiger partial charge in [0.1, 0.15) is 0 Å². The summed E-state index contributed by atoms with van der Waals surface area (Å²) in [6.45, 7) is -0.388. The SMILES string of the molecule is O=C(OCN1C(=O)c2ccccc2C1=O)c1ccc(C2SCCCS2)cc1. The summed E-state index contributed by atoms with van der Waals surface area (Å²) in [5.74, 6) is 0.876. The highest BCUT2D eigenvalue weighted by Crippen LogP contribution is 2.43. The van der Waals surface area contributed by atoms with Crippen LogP contribution in [-0.4, -0.2) is 40.9 Å². The van der Waals surface area contributed by atoms with Crippen LogP contribution >= 0.6 is 23.5 Å². The van der Waals surface area contributed by atoms with Crippen LogP contribution in [0.15, 0.2) is 48.5 Å². The molecule has 0 spiro atoms. The molecule has 4 rings (SSSR count). The molecule has 0 atom stereocenters. The molecule has 1 saturated heterocycles. The smallest absolute Gasteiger partial charge is 0.339 e. The van der Waals surface area contributed by atoms with Crippen LogP contribution in [0.2, 0.25) is 0 Å². The van der Waals surface area contributed by atoms with Crippen LogP contribution < -0.4 is 0 Å². The number of carbonyl (C=O) groups excluding carboxylic acids is 3. The number of amides is 2. The molecule has 7 heteroatoms. The number of ether oxygens (including phenoxy) is 1. The zero-order chi connectivity index (χ0) is 18.8. The maximum absolute atomic E-state index is 12.3. The van der Waals surface area contributed by atoms with Crippen LogP contribution in [0, 0.1) is 0 Å². The lowest BCUT2D eigenvalue weighted by molar-refractivity contribution is 0.0228. The number of nitrogens with zero attached hydrogens (tertiary/aromatic N) is 1. The standard InChI is InChI=1S/C20H17NO4S2/c22-17-15-4-1-2-5-16(15)18(23)21(17)12-25-19(24)13-6-8-14(9-7-13)20-26-10-3-11-27-20/h1-2,4-9,20H,3,10-12H2. The van der Waals surface area contributed by atoms with Crippen molar-refractivity contribution in [2.75, 3.05) is 18.2 Å². The Labute approximate surface area is 165 Å². The third-order valence-electron chi connectivity index (χ3n) is 4.45. The van der Waals surface area contributed by atoms with Crippen molar-refractivity contribution in [3.63, 3.8) is 0 Å². The molecule has 1 fully saturated rings. The highest BCUT2D eigenvalue weighted by atomic mass is 32.2. The Morgan fingerprint density at radius 2 is 1.56 bits per heavy atom. The number of esters is 1. The molecule has 2 aromatic rings. The first-order valence-electron chi connectivity index (χ1n) is 8.60. The minimum absolute atomic E-state index is 0.338. The van der Waals surface area contributed by atoms with Gasteiger partial charge < -0.3 is 4.74 Å². The van der Waals surface area contributed by atoms with Gasteiger partial charge in [-0.15, -0.1) is 23.5 Å². The molecule has 2 heterocycles. The number of carbonyl (C=O) groups is 3. The van der Waals surface area contributed by atoms with Crippen LogP contribution in [0.3, 0.4) is 0 Å². The average Bonchev–Trinajstić information content (AvgIpc) is 2.97. The summed E-state index contributed by atoms with van der Waals surface area (Å²) in [5, 5.41) is 0. The molecule has 2 aromatic carbocycles. The topological polar surface area (TPSA) is 63.7 Å². The van der Waals surface area contributed by atoms with E-state index in [-0.39, 0.29) is 6.73 Å². The molecule has 0 saturated carbocycles. The zero-order valence-corrected chi connectivity index (χ0v) is 16.1. The van der Waals surface area contributed by atoms with Crippen LogP contribution in [0.4, 0.5) is 0 Å². The van der Waals surface area contributed by atoms with Gasteiger partial charge in [0.15, 0.2) is 6.73 Å². The largest absolute Gasteiger partial charge is 0.440 e. The van der Waals surface area contributed by atoms with Gasteiger partial charge in [0.2, 0.25) is 0 Å². The lowest BCUT2D eigenvalue weighted by atomic mass is 10.1. The molecule has 0 aliphatic carbocycles. The van der Waals surface area contributed by atoms with Gasteiger partial charge in [-0.2, -0.15) is 0 Å². The summed E-state index contributed by atoms with van der Waals surface area (Å²) in [4.78, 5) is 37.8. The monoisotopic (exact) mass is 399 g/mol. The summed E-state index contributed by atoms with van der Waals surface area (Å²) >= 11 is 3.83. The fraction of sp³-hybridized carbons (Fsp3) is 0.250. The van der Waals surface area contributed by atoms with Crippen LogP contribution in [-0.2, 0) is 4.74 Å². The van der Waals surface area contributed by atoms with E-state index in [4.69, 9.17) is 4.74 Å². The number of hydrogen-bond acceptors (Lipinski definition) is 6. The predicted octanol–water partition coefficient (Wildman–Crippen LogP) is 3.97. The van der Waals surface area contributed by atoms with Crippen LogP contribution in [0.25, 0.3) is 0 Å². The lowest BCUT2D eigenvalue weighted by Gasteiger charge is -2.21. The number of rotatable bonds is 4. The number of hydrogen-bond donors (Lipinski definition) is 0. The number of benzene rings is 2. The predicted molar refractivity (Wildman–Crippen MR) is 106 cm³/mol. The number of thioether (sulfide) groups is 2. The first-order valence-corrected chi connectivity index (χ1v) is 10.7. The van der Waals surface area contributed by atoms with Crippen LogP contribution in [0.1, 0.15) is 47.6 Å². The fourth-order valence-electron chi connectivity index (χ4n) is 3.02. The van der Waals surface area contributed by atoms with E-state index >= 15 is 0 Å². The highest BCUT2D eigenvalue weighted by Gasteiger charge is 2.35. The summed E-state index contributed by atoms with van der Waals surface area (Å²) in [7, 11) is 0. The molecule has 138 valence electrons. The highest BCUT2D eigenvalue weighted by molar-refractivity contribution is 8.16. The molecular weight excluding hydrogens is 382 g/mol. The van der Waals surface area contributed by atoms with Crippen molar-refractivity contribution in [1.82, 2.24) is 4.90 Å². The second-order valence-corrected chi connectivity index (χ2v) is 8.92. The minimum atomic E-state index is -0.554. The fourth-order valence-corrected chi connectivity index (χ4v) is 5.91. The van der Waals surface area contributed by atoms with Crippen molar-refractivity contribution < 1.29 is 19.1 Å². The first-order chi connectivity index (χ1) is 13.1. The van der Waals surface area contributed by atoms with Gasteiger partial charge in [0.05, 0.1) is 21.3 Å². The van der Waals surface area contributed by atoms with Gasteiger partial charge in [-0.25, -0.2) is 9.69 Å². The maximum Gasteiger partial charge on any atom is 0.339 e. The van der Waals surface area contributed by atoms with Gasteiger partial charge >= 0.3 is 5.97 Å². The van der Waals surface area contributed by atoms with Crippen molar-refractivity contribution in [2.24, 2.45) is 0 Å². The zero-order valence-electron chi connectivity index (χ0n) is 14.4. The van der Waals surface area contributed by atoms with Gasteiger partial charge in [-0.3, -0.25) is 9.59 Å². The van der Waals surface area contributed by atoms with Gasteiger partial charge in [0.25, 0.3) is 11.8 Å². The van der Waals surface area contributed by atoms with E-state index in [1.807, 2.05) is 35.7 Å². The van der Waals surface area contributed by atoms with E-state index in [0.717, 1.165) is 16.4 Å². The number of imide groups is 1. The molecule has 0 unspecified atom stereocenters. The van der Waals surface area contributed by atoms with Crippen molar-refractivity contribution in [2.45, 2.75) is 11.0 Å². The maximum atomic E-state index is 12.3. The van der Waals surface area contributed by atoms with E-state index in [1.165, 1.54) is 12.0 Å². The Bertz CT molecular complexity index is 856. The molecule has 0 aromatic heterocycles. The minimum Gasteiger partial charge on any atom is -0.440 e. The molecule has 0 N–H and O–H groups in total. The van der Waals surface area contributed by atoms with Crippen LogP contribution in [0.5, 0.6) is 0 Å². The van der Waals surface area contributed by atoms with E-state index in [9.17, 15) is 14.4 Å². The third-order valence-corrected chi connectivity index (χ3v) is 7.46. The molecular formula is C20H17NO4S2. The van der Waals surface area contributed by atoms with E-state index in [1.54, 1.807) is 36.4 Å². The van der Waals surface area contributed by atoms with Crippen molar-refractivity contribution >= 4 is 41.3 Å². The quantitative estimate of drug-likeness (QED) is 0.573. The normalized spacial score (nSPS) is 17.1. The summed E-state index contributed by atoms with van der Waals surface area (Å²) in [5.41, 5.74) is 2.26. The first kappa shape index (κ1) is 18.1. The second kappa shape index (κ2) is 7.78. The molecule has 0 radical (unpaired) electrons. The summed E-state index contributed by atoms with van der Waals surface area (Å²) in [6.07, 6.45) is 1.23. The Hall–Kier alpha value is -2.25. The molecule has 2 amide bonds. The van der Waals surface area contributed by atoms with E-state index in [2.05, 4.69) is 0 Å². The number of fused-ring (bicyclic) bond motifs is 1. The molecule has 2 aliphatic heterocycles. The molecule has 0 bridgehead atoms. The van der Waals surface area contributed by atoms with E-state index < -0.39 is 17.8 Å². The average molecular weight is 399 g/mol. The van der Waals surface area contributed by atoms with Gasteiger partial charge in [-0.1, -0.05) is 24.3 Å².